The lowest BCUT2D eigenvalue weighted by atomic mass is 9.87. The molecule has 2 atom stereocenters. The van der Waals surface area contributed by atoms with Crippen LogP contribution in [0.1, 0.15) is 168 Å². The van der Waals surface area contributed by atoms with Crippen LogP contribution in [0.15, 0.2) is 12.2 Å². The molecule has 31 heavy (non-hydrogen) atoms. The zero-order chi connectivity index (χ0) is 22.8. The van der Waals surface area contributed by atoms with E-state index in [0.29, 0.717) is 5.92 Å². The summed E-state index contributed by atoms with van der Waals surface area (Å²) in [4.78, 5) is 0. The van der Waals surface area contributed by atoms with Gasteiger partial charge in [0.15, 0.2) is 0 Å². The van der Waals surface area contributed by atoms with Crippen LogP contribution in [0.3, 0.4) is 0 Å². The van der Waals surface area contributed by atoms with Crippen LogP contribution in [0.5, 0.6) is 0 Å². The molecule has 1 N–H and O–H groups in total. The Morgan fingerprint density at radius 2 is 0.839 bits per heavy atom. The summed E-state index contributed by atoms with van der Waals surface area (Å²) in [5.41, 5.74) is 0. The van der Waals surface area contributed by atoms with Crippen LogP contribution in [-0.4, -0.2) is 11.2 Å². The molecule has 0 heterocycles. The monoisotopic (exact) mass is 436 g/mol. The maximum absolute atomic E-state index is 10.9. The maximum Gasteiger partial charge on any atom is 0.0568 e. The number of allylic oxidation sites excluding steroid dienone is 2. The molecule has 0 aliphatic heterocycles. The molecule has 0 fully saturated rings. The van der Waals surface area contributed by atoms with Gasteiger partial charge in [0.05, 0.1) is 6.10 Å². The SMILES string of the molecule is CCCCCC=CCCCC(O)C(CCCCCCCC)CCCCCCCCCC. The van der Waals surface area contributed by atoms with Crippen molar-refractivity contribution in [2.45, 2.75) is 175 Å². The Labute approximate surface area is 197 Å². The molecule has 1 nitrogen and oxygen atoms in total. The van der Waals surface area contributed by atoms with Crippen molar-refractivity contribution in [2.75, 3.05) is 0 Å². The minimum Gasteiger partial charge on any atom is -0.393 e. The molecular weight excluding hydrogens is 376 g/mol. The molecule has 0 aromatic heterocycles. The van der Waals surface area contributed by atoms with E-state index in [1.54, 1.807) is 0 Å². The normalized spacial score (nSPS) is 13.8. The molecule has 0 aromatic rings. The number of aliphatic hydroxyl groups excluding tert-OH is 1. The summed E-state index contributed by atoms with van der Waals surface area (Å²) in [5, 5.41) is 10.9. The van der Waals surface area contributed by atoms with Crippen molar-refractivity contribution in [2.24, 2.45) is 5.92 Å². The van der Waals surface area contributed by atoms with Gasteiger partial charge in [-0.25, -0.2) is 0 Å². The Hall–Kier alpha value is -0.300. The van der Waals surface area contributed by atoms with Gasteiger partial charge < -0.3 is 5.11 Å². The lowest BCUT2D eigenvalue weighted by Gasteiger charge is -2.23. The van der Waals surface area contributed by atoms with Gasteiger partial charge in [0.25, 0.3) is 0 Å². The predicted molar refractivity (Wildman–Crippen MR) is 142 cm³/mol. The van der Waals surface area contributed by atoms with Gasteiger partial charge in [-0.15, -0.1) is 0 Å². The topological polar surface area (TPSA) is 20.2 Å². The third-order valence-electron chi connectivity index (χ3n) is 6.91. The Balaban J connectivity index is 4.07. The van der Waals surface area contributed by atoms with Crippen molar-refractivity contribution in [3.05, 3.63) is 12.2 Å². The highest BCUT2D eigenvalue weighted by atomic mass is 16.3. The van der Waals surface area contributed by atoms with Gasteiger partial charge in [0.1, 0.15) is 0 Å². The van der Waals surface area contributed by atoms with Gasteiger partial charge >= 0.3 is 0 Å². The van der Waals surface area contributed by atoms with Crippen LogP contribution < -0.4 is 0 Å². The van der Waals surface area contributed by atoms with Gasteiger partial charge in [-0.05, 0) is 50.9 Å². The number of unbranched alkanes of at least 4 members (excludes halogenated alkanes) is 16. The first-order chi connectivity index (χ1) is 15.3. The fourth-order valence-electron chi connectivity index (χ4n) is 4.68. The summed E-state index contributed by atoms with van der Waals surface area (Å²) in [7, 11) is 0. The zero-order valence-electron chi connectivity index (χ0n) is 22.0. The molecule has 0 amide bonds. The third-order valence-corrected chi connectivity index (χ3v) is 6.91. The first-order valence-corrected chi connectivity index (χ1v) is 14.6. The minimum atomic E-state index is -0.0753. The highest BCUT2D eigenvalue weighted by Crippen LogP contribution is 2.25. The second kappa shape index (κ2) is 26.0. The first-order valence-electron chi connectivity index (χ1n) is 14.6. The summed E-state index contributed by atoms with van der Waals surface area (Å²) in [6.45, 7) is 6.84. The van der Waals surface area contributed by atoms with Crippen LogP contribution in [0.2, 0.25) is 0 Å². The molecule has 0 aliphatic carbocycles. The largest absolute Gasteiger partial charge is 0.393 e. The number of hydrogen-bond donors (Lipinski definition) is 1. The van der Waals surface area contributed by atoms with E-state index in [1.165, 1.54) is 128 Å². The Bertz CT molecular complexity index is 348. The summed E-state index contributed by atoms with van der Waals surface area (Å²) < 4.78 is 0. The quantitative estimate of drug-likeness (QED) is 0.111. The molecule has 0 saturated heterocycles. The fourth-order valence-corrected chi connectivity index (χ4v) is 4.68. The van der Waals surface area contributed by atoms with E-state index >= 15 is 0 Å². The lowest BCUT2D eigenvalue weighted by Crippen LogP contribution is -2.20. The molecule has 0 rings (SSSR count). The van der Waals surface area contributed by atoms with E-state index in [4.69, 9.17) is 0 Å². The summed E-state index contributed by atoms with van der Waals surface area (Å²) >= 11 is 0. The van der Waals surface area contributed by atoms with Gasteiger partial charge in [-0.2, -0.15) is 0 Å². The van der Waals surface area contributed by atoms with Crippen LogP contribution in [0, 0.1) is 5.92 Å². The average Bonchev–Trinajstić information content (AvgIpc) is 2.78. The summed E-state index contributed by atoms with van der Waals surface area (Å²) in [5.74, 6) is 0.541. The van der Waals surface area contributed by atoms with E-state index in [2.05, 4.69) is 32.9 Å². The zero-order valence-corrected chi connectivity index (χ0v) is 22.0. The molecule has 1 heteroatoms. The minimum absolute atomic E-state index is 0.0753. The molecule has 0 aromatic carbocycles. The van der Waals surface area contributed by atoms with Crippen molar-refractivity contribution < 1.29 is 5.11 Å². The highest BCUT2D eigenvalue weighted by molar-refractivity contribution is 4.82. The Kier molecular flexibility index (Phi) is 25.7. The fraction of sp³-hybridized carbons (Fsp3) is 0.933. The Morgan fingerprint density at radius 3 is 1.32 bits per heavy atom. The van der Waals surface area contributed by atoms with E-state index < -0.39 is 0 Å². The van der Waals surface area contributed by atoms with Crippen LogP contribution >= 0.6 is 0 Å². The molecular formula is C30H60O. The molecule has 0 aliphatic rings. The van der Waals surface area contributed by atoms with Gasteiger partial charge in [-0.1, -0.05) is 136 Å². The average molecular weight is 437 g/mol. The van der Waals surface area contributed by atoms with Crippen LogP contribution in [-0.2, 0) is 0 Å². The second-order valence-electron chi connectivity index (χ2n) is 10.0. The molecule has 0 saturated carbocycles. The van der Waals surface area contributed by atoms with Crippen LogP contribution in [0.4, 0.5) is 0 Å². The lowest BCUT2D eigenvalue weighted by molar-refractivity contribution is 0.0839. The highest BCUT2D eigenvalue weighted by Gasteiger charge is 2.18. The van der Waals surface area contributed by atoms with Gasteiger partial charge in [0, 0.05) is 0 Å². The number of aliphatic hydroxyl groups is 1. The molecule has 2 unspecified atom stereocenters. The molecule has 0 spiro atoms. The number of rotatable bonds is 25. The van der Waals surface area contributed by atoms with E-state index in [0.717, 1.165) is 19.3 Å². The van der Waals surface area contributed by atoms with Crippen molar-refractivity contribution in [1.29, 1.82) is 0 Å². The third kappa shape index (κ3) is 22.7. The number of hydrogen-bond acceptors (Lipinski definition) is 1. The first kappa shape index (κ1) is 30.7. The van der Waals surface area contributed by atoms with Crippen molar-refractivity contribution in [1.82, 2.24) is 0 Å². The second-order valence-corrected chi connectivity index (χ2v) is 10.0. The molecule has 0 bridgehead atoms. The van der Waals surface area contributed by atoms with Crippen LogP contribution in [0.25, 0.3) is 0 Å². The Morgan fingerprint density at radius 1 is 0.452 bits per heavy atom. The smallest absolute Gasteiger partial charge is 0.0568 e. The van der Waals surface area contributed by atoms with E-state index in [-0.39, 0.29) is 6.10 Å². The summed E-state index contributed by atoms with van der Waals surface area (Å²) in [6, 6.07) is 0. The van der Waals surface area contributed by atoms with Gasteiger partial charge in [0.2, 0.25) is 0 Å². The molecule has 0 radical (unpaired) electrons. The van der Waals surface area contributed by atoms with Gasteiger partial charge in [-0.3, -0.25) is 0 Å². The van der Waals surface area contributed by atoms with Crippen molar-refractivity contribution in [3.63, 3.8) is 0 Å². The maximum atomic E-state index is 10.9. The van der Waals surface area contributed by atoms with Crippen molar-refractivity contribution in [3.8, 4) is 0 Å². The molecule has 186 valence electrons. The van der Waals surface area contributed by atoms with E-state index in [9.17, 15) is 5.11 Å². The van der Waals surface area contributed by atoms with Crippen molar-refractivity contribution >= 4 is 0 Å². The summed E-state index contributed by atoms with van der Waals surface area (Å²) in [6.07, 6.45) is 34.9. The van der Waals surface area contributed by atoms with E-state index in [1.807, 2.05) is 0 Å². The predicted octanol–water partition coefficient (Wildman–Crippen LogP) is 10.6. The standard InChI is InChI=1S/C30H60O/c1-4-7-10-13-16-18-21-24-27-29(26-23-20-15-12-9-6-3)30(31)28-25-22-19-17-14-11-8-5-2/h17,19,29-31H,4-16,18,20-28H2,1-3H3.